The van der Waals surface area contributed by atoms with Crippen LogP contribution in [0.5, 0.6) is 0 Å². The molecule has 1 aliphatic carbocycles. The molecular weight excluding hydrogens is 220 g/mol. The largest absolute Gasteiger partial charge is 0.393 e. The second-order valence-corrected chi connectivity index (χ2v) is 6.09. The Morgan fingerprint density at radius 3 is 2.12 bits per heavy atom. The van der Waals surface area contributed by atoms with Gasteiger partial charge in [-0.2, -0.15) is 0 Å². The van der Waals surface area contributed by atoms with E-state index in [1.54, 1.807) is 20.8 Å². The highest BCUT2D eigenvalue weighted by Gasteiger charge is 2.58. The normalized spacial score (nSPS) is 43.9. The van der Waals surface area contributed by atoms with Crippen LogP contribution in [0.25, 0.3) is 0 Å². The fourth-order valence-corrected chi connectivity index (χ4v) is 2.84. The Hall–Kier alpha value is -0.420. The molecular formula is C13H24O4. The molecule has 0 aliphatic heterocycles. The lowest BCUT2D eigenvalue weighted by atomic mass is 9.57. The van der Waals surface area contributed by atoms with Gasteiger partial charge in [0.05, 0.1) is 17.8 Å². The maximum Gasteiger partial charge on any atom is 0.116 e. The molecule has 0 spiro atoms. The third-order valence-corrected chi connectivity index (χ3v) is 3.85. The second kappa shape index (κ2) is 4.35. The molecule has 0 unspecified atom stereocenters. The van der Waals surface area contributed by atoms with Crippen molar-refractivity contribution in [1.82, 2.24) is 0 Å². The quantitative estimate of drug-likeness (QED) is 0.536. The minimum absolute atomic E-state index is 0.122. The van der Waals surface area contributed by atoms with E-state index < -0.39 is 28.8 Å². The highest BCUT2D eigenvalue weighted by Crippen LogP contribution is 2.50. The molecule has 0 aromatic carbocycles. The number of hydrogen-bond acceptors (Lipinski definition) is 4. The van der Waals surface area contributed by atoms with Crippen molar-refractivity contribution in [2.75, 3.05) is 0 Å². The molecule has 0 saturated heterocycles. The Balaban J connectivity index is 3.15. The Morgan fingerprint density at radius 2 is 1.71 bits per heavy atom. The molecule has 4 nitrogen and oxygen atoms in total. The highest BCUT2D eigenvalue weighted by molar-refractivity contribution is 5.21. The molecule has 0 aromatic rings. The minimum atomic E-state index is -1.46. The van der Waals surface area contributed by atoms with E-state index in [2.05, 4.69) is 0 Å². The van der Waals surface area contributed by atoms with Crippen LogP contribution in [0.4, 0.5) is 0 Å². The molecule has 0 heterocycles. The Bertz CT molecular complexity index is 287. The molecule has 1 rings (SSSR count). The maximum atomic E-state index is 10.7. The van der Waals surface area contributed by atoms with E-state index in [0.717, 1.165) is 0 Å². The van der Waals surface area contributed by atoms with Crippen molar-refractivity contribution in [1.29, 1.82) is 0 Å². The van der Waals surface area contributed by atoms with Gasteiger partial charge in [-0.25, -0.2) is 0 Å². The van der Waals surface area contributed by atoms with Gasteiger partial charge in [-0.1, -0.05) is 26.0 Å². The molecule has 17 heavy (non-hydrogen) atoms. The Labute approximate surface area is 103 Å². The summed E-state index contributed by atoms with van der Waals surface area (Å²) >= 11 is 0. The van der Waals surface area contributed by atoms with Crippen LogP contribution in [-0.2, 0) is 0 Å². The van der Waals surface area contributed by atoms with E-state index in [1.165, 1.54) is 19.1 Å². The van der Waals surface area contributed by atoms with E-state index in [4.69, 9.17) is 0 Å². The van der Waals surface area contributed by atoms with Gasteiger partial charge in [0, 0.05) is 11.8 Å². The van der Waals surface area contributed by atoms with Crippen LogP contribution in [0.15, 0.2) is 12.2 Å². The maximum absolute atomic E-state index is 10.7. The van der Waals surface area contributed by atoms with Gasteiger partial charge < -0.3 is 20.4 Å². The summed E-state index contributed by atoms with van der Waals surface area (Å²) in [6.45, 7) is 6.70. The van der Waals surface area contributed by atoms with Crippen LogP contribution in [0, 0.1) is 5.41 Å². The van der Waals surface area contributed by atoms with Crippen molar-refractivity contribution in [3.8, 4) is 0 Å². The lowest BCUT2D eigenvalue weighted by Crippen LogP contribution is -2.65. The van der Waals surface area contributed by atoms with Crippen LogP contribution in [0.2, 0.25) is 0 Å². The number of hydrogen-bond donors (Lipinski definition) is 4. The molecule has 1 fully saturated rings. The number of aliphatic hydroxyl groups is 4. The summed E-state index contributed by atoms with van der Waals surface area (Å²) in [6, 6.07) is 0. The number of aliphatic hydroxyl groups excluding tert-OH is 2. The van der Waals surface area contributed by atoms with Crippen molar-refractivity contribution < 1.29 is 20.4 Å². The summed E-state index contributed by atoms with van der Waals surface area (Å²) in [4.78, 5) is 0. The van der Waals surface area contributed by atoms with Gasteiger partial charge in [0.15, 0.2) is 0 Å². The summed E-state index contributed by atoms with van der Waals surface area (Å²) in [7, 11) is 0. The van der Waals surface area contributed by atoms with E-state index >= 15 is 0 Å². The van der Waals surface area contributed by atoms with Crippen LogP contribution in [-0.4, -0.2) is 43.8 Å². The molecule has 0 bridgehead atoms. The Kier molecular flexibility index (Phi) is 3.75. The highest BCUT2D eigenvalue weighted by atomic mass is 16.4. The first-order valence-corrected chi connectivity index (χ1v) is 6.02. The minimum Gasteiger partial charge on any atom is -0.393 e. The fraction of sp³-hybridized carbons (Fsp3) is 0.846. The van der Waals surface area contributed by atoms with Crippen molar-refractivity contribution in [3.05, 3.63) is 12.2 Å². The molecule has 0 radical (unpaired) electrons. The molecule has 4 N–H and O–H groups in total. The standard InChI is InChI=1S/C13H24O4/c1-9(14)5-6-13(17)11(2,3)7-10(15)8-12(13,4)16/h5-6,9-10,14-17H,7-8H2,1-4H3/b6-5+/t9-,10+,12+,13+/m0/s1. The molecule has 1 saturated carbocycles. The van der Waals surface area contributed by atoms with E-state index in [1.807, 2.05) is 0 Å². The van der Waals surface area contributed by atoms with Gasteiger partial charge in [0.1, 0.15) is 5.60 Å². The average Bonchev–Trinajstić information content (AvgIpc) is 2.09. The third-order valence-electron chi connectivity index (χ3n) is 3.85. The predicted molar refractivity (Wildman–Crippen MR) is 65.4 cm³/mol. The van der Waals surface area contributed by atoms with Crippen LogP contribution in [0.3, 0.4) is 0 Å². The predicted octanol–water partition coefficient (Wildman–Crippen LogP) is 0.586. The molecule has 100 valence electrons. The van der Waals surface area contributed by atoms with Gasteiger partial charge in [0.2, 0.25) is 0 Å². The first kappa shape index (κ1) is 14.6. The van der Waals surface area contributed by atoms with Crippen molar-refractivity contribution in [2.24, 2.45) is 5.41 Å². The topological polar surface area (TPSA) is 80.9 Å². The summed E-state index contributed by atoms with van der Waals surface area (Å²) in [6.07, 6.45) is 2.15. The summed E-state index contributed by atoms with van der Waals surface area (Å²) in [5.74, 6) is 0. The third kappa shape index (κ3) is 2.55. The lowest BCUT2D eigenvalue weighted by Gasteiger charge is -2.54. The van der Waals surface area contributed by atoms with Crippen LogP contribution < -0.4 is 0 Å². The van der Waals surface area contributed by atoms with Gasteiger partial charge in [-0.3, -0.25) is 0 Å². The van der Waals surface area contributed by atoms with Gasteiger partial charge in [0.25, 0.3) is 0 Å². The lowest BCUT2D eigenvalue weighted by molar-refractivity contribution is -0.217. The molecule has 0 aromatic heterocycles. The first-order valence-electron chi connectivity index (χ1n) is 6.02. The molecule has 0 amide bonds. The van der Waals surface area contributed by atoms with Crippen molar-refractivity contribution >= 4 is 0 Å². The van der Waals surface area contributed by atoms with E-state index in [9.17, 15) is 20.4 Å². The summed E-state index contributed by atoms with van der Waals surface area (Å²) in [5.41, 5.74) is -3.55. The van der Waals surface area contributed by atoms with Gasteiger partial charge >= 0.3 is 0 Å². The van der Waals surface area contributed by atoms with Crippen LogP contribution >= 0.6 is 0 Å². The van der Waals surface area contributed by atoms with Gasteiger partial charge in [-0.15, -0.1) is 0 Å². The van der Waals surface area contributed by atoms with E-state index in [-0.39, 0.29) is 6.42 Å². The fourth-order valence-electron chi connectivity index (χ4n) is 2.84. The molecule has 4 heteroatoms. The number of rotatable bonds is 2. The zero-order chi connectivity index (χ0) is 13.5. The van der Waals surface area contributed by atoms with Crippen molar-refractivity contribution in [3.63, 3.8) is 0 Å². The van der Waals surface area contributed by atoms with Crippen LogP contribution in [0.1, 0.15) is 40.5 Å². The zero-order valence-corrected chi connectivity index (χ0v) is 11.0. The summed E-state index contributed by atoms with van der Waals surface area (Å²) < 4.78 is 0. The average molecular weight is 244 g/mol. The second-order valence-electron chi connectivity index (χ2n) is 6.09. The monoisotopic (exact) mass is 244 g/mol. The van der Waals surface area contributed by atoms with Gasteiger partial charge in [-0.05, 0) is 20.3 Å². The smallest absolute Gasteiger partial charge is 0.116 e. The Morgan fingerprint density at radius 1 is 1.18 bits per heavy atom. The van der Waals surface area contributed by atoms with Crippen molar-refractivity contribution in [2.45, 2.75) is 63.9 Å². The SMILES string of the molecule is C[C@H](O)/C=C/[C@@]1(O)C(C)(C)C[C@@H](O)C[C@@]1(C)O. The molecule has 4 atom stereocenters. The molecule has 1 aliphatic rings. The zero-order valence-electron chi connectivity index (χ0n) is 11.0. The summed E-state index contributed by atoms with van der Waals surface area (Å²) in [5, 5.41) is 40.1. The first-order chi connectivity index (χ1) is 7.52. The van der Waals surface area contributed by atoms with E-state index in [0.29, 0.717) is 6.42 Å².